The van der Waals surface area contributed by atoms with E-state index in [4.69, 9.17) is 30.0 Å². The Balaban J connectivity index is 0.00000210. The van der Waals surface area contributed by atoms with E-state index in [1.165, 1.54) is 10.9 Å². The third-order valence-corrected chi connectivity index (χ3v) is 4.64. The molecule has 15 nitrogen and oxygen atoms in total. The number of phosphoric acid groups is 2. The molecule has 0 spiro atoms. The smallest absolute Gasteiger partial charge is 0.386 e. The summed E-state index contributed by atoms with van der Waals surface area (Å²) < 4.78 is 37.6. The van der Waals surface area contributed by atoms with Crippen LogP contribution in [-0.2, 0) is 22.9 Å². The summed E-state index contributed by atoms with van der Waals surface area (Å²) in [6, 6.07) is 0. The normalized spacial score (nSPS) is 24.9. The second-order valence-electron chi connectivity index (χ2n) is 5.49. The van der Waals surface area contributed by atoms with Crippen molar-refractivity contribution in [2.45, 2.75) is 24.5 Å². The van der Waals surface area contributed by atoms with Gasteiger partial charge < -0.3 is 35.2 Å². The van der Waals surface area contributed by atoms with Gasteiger partial charge in [0, 0.05) is 59.1 Å². The number of rotatable bonds is 6. The van der Waals surface area contributed by atoms with E-state index in [9.17, 15) is 14.2 Å². The Kier molecular flexibility index (Phi) is 9.87. The molecule has 0 aromatic carbocycles. The van der Waals surface area contributed by atoms with Gasteiger partial charge in [0.25, 0.3) is 0 Å². The van der Waals surface area contributed by atoms with Crippen molar-refractivity contribution in [2.75, 3.05) is 12.3 Å². The Bertz CT molecular complexity index is 937. The number of aliphatic hydroxyl groups excluding tert-OH is 1. The maximum Gasteiger partial charge on any atom is 0.470 e. The van der Waals surface area contributed by atoms with Gasteiger partial charge in [0.2, 0.25) is 0 Å². The quantitative estimate of drug-likeness (QED) is 0.188. The topological polar surface area (TPSA) is 233 Å². The molecule has 3 rings (SSSR count). The van der Waals surface area contributed by atoms with E-state index in [0.717, 1.165) is 6.33 Å². The molecule has 0 unspecified atom stereocenters. The van der Waals surface area contributed by atoms with Gasteiger partial charge in [0.15, 0.2) is 17.7 Å². The first-order valence-corrected chi connectivity index (χ1v) is 10.2. The summed E-state index contributed by atoms with van der Waals surface area (Å²) in [7, 11) is -9.98. The predicted molar refractivity (Wildman–Crippen MR) is 96.1 cm³/mol. The van der Waals surface area contributed by atoms with Gasteiger partial charge in [0.1, 0.15) is 30.2 Å². The molecule has 29 heavy (non-hydrogen) atoms. The molecule has 19 heteroatoms. The van der Waals surface area contributed by atoms with Gasteiger partial charge in [-0.1, -0.05) is 0 Å². The molecule has 0 aliphatic carbocycles. The molecule has 2 aromatic heterocycles. The molecule has 152 valence electrons. The zero-order chi connectivity index (χ0) is 20.0. The van der Waals surface area contributed by atoms with Gasteiger partial charge in [-0.2, -0.15) is 0 Å². The number of nitrogens with zero attached hydrogens (tertiary/aromatic N) is 4. The number of anilines is 1. The van der Waals surface area contributed by atoms with Gasteiger partial charge in [-0.25, -0.2) is 24.1 Å². The number of hydrogen-bond acceptors (Lipinski definition) is 10. The van der Waals surface area contributed by atoms with Crippen molar-refractivity contribution < 1.29 is 47.6 Å². The summed E-state index contributed by atoms with van der Waals surface area (Å²) in [6.45, 7) is -0.813. The zero-order valence-electron chi connectivity index (χ0n) is 15.2. The molecule has 3 heterocycles. The minimum absolute atomic E-state index is 0. The van der Waals surface area contributed by atoms with Crippen LogP contribution in [0.3, 0.4) is 0 Å². The summed E-state index contributed by atoms with van der Waals surface area (Å²) >= 11 is 0. The number of imidazole rings is 1. The largest absolute Gasteiger partial charge is 0.470 e. The average Bonchev–Trinajstić information content (AvgIpc) is 3.07. The number of fused-ring (bicyclic) bond motifs is 1. The van der Waals surface area contributed by atoms with Crippen LogP contribution < -0.4 is 5.73 Å². The summed E-state index contributed by atoms with van der Waals surface area (Å²) in [6.07, 6.45) is -3.75. The van der Waals surface area contributed by atoms with E-state index in [1.807, 2.05) is 0 Å². The van der Waals surface area contributed by atoms with Crippen molar-refractivity contribution in [3.63, 3.8) is 0 Å². The Labute approximate surface area is 207 Å². The SMILES string of the molecule is Nc1ncnc2c1ncn2[C@@H]1O[C@H](COP(=O)(O)O)[C@@H](OP(=O)(O)O)[C@H]1O.[Na].[Na]. The summed E-state index contributed by atoms with van der Waals surface area (Å²) in [5, 5.41) is 10.4. The van der Waals surface area contributed by atoms with E-state index in [2.05, 4.69) is 24.0 Å². The van der Waals surface area contributed by atoms with Crippen LogP contribution in [0.2, 0.25) is 0 Å². The van der Waals surface area contributed by atoms with Crippen molar-refractivity contribution in [1.82, 2.24) is 19.5 Å². The van der Waals surface area contributed by atoms with Crippen LogP contribution >= 0.6 is 15.6 Å². The third-order valence-electron chi connectivity index (χ3n) is 3.64. The predicted octanol–water partition coefficient (Wildman–Crippen LogP) is -2.51. The van der Waals surface area contributed by atoms with Gasteiger partial charge in [0.05, 0.1) is 12.9 Å². The van der Waals surface area contributed by atoms with E-state index >= 15 is 0 Å². The maximum absolute atomic E-state index is 11.2. The molecule has 1 aliphatic rings. The Hall–Kier alpha value is 0.490. The molecule has 1 saturated heterocycles. The van der Waals surface area contributed by atoms with Crippen LogP contribution in [0.25, 0.3) is 11.2 Å². The first-order chi connectivity index (χ1) is 12.5. The third kappa shape index (κ3) is 6.73. The minimum atomic E-state index is -5.07. The fourth-order valence-corrected chi connectivity index (χ4v) is 3.52. The Morgan fingerprint density at radius 3 is 2.38 bits per heavy atom. The number of nitrogens with two attached hydrogens (primary N) is 1. The molecule has 7 N–H and O–H groups in total. The minimum Gasteiger partial charge on any atom is -0.386 e. The van der Waals surface area contributed by atoms with E-state index in [1.54, 1.807) is 0 Å². The summed E-state index contributed by atoms with van der Waals surface area (Å²) in [5.74, 6) is 0.0515. The maximum atomic E-state index is 11.2. The van der Waals surface area contributed by atoms with Gasteiger partial charge in [-0.05, 0) is 0 Å². The standard InChI is InChI=1S/C10H15N5O10P2.2Na/c11-8-5-9(13-2-12-8)15(3-14-5)10-6(16)7(25-27(20,21)22)4(24-10)1-23-26(17,18)19;;/h2-4,6-7,10,16H,1H2,(H2,11,12,13)(H2,17,18,19)(H2,20,21,22);;/t4-,6-,7-,10-;;/m1../s1. The molecule has 1 aliphatic heterocycles. The molecular formula is C10H15N5Na2O10P2. The van der Waals surface area contributed by atoms with Crippen molar-refractivity contribution in [1.29, 1.82) is 0 Å². The van der Waals surface area contributed by atoms with Crippen LogP contribution in [-0.4, -0.2) is 128 Å². The second kappa shape index (κ2) is 10.4. The molecular weight excluding hydrogens is 458 g/mol. The number of aromatic nitrogens is 4. The number of hydrogen-bond donors (Lipinski definition) is 6. The molecule has 2 aromatic rings. The molecule has 0 amide bonds. The van der Waals surface area contributed by atoms with Gasteiger partial charge in [-0.3, -0.25) is 13.6 Å². The molecule has 2 radical (unpaired) electrons. The molecule has 0 saturated carbocycles. The van der Waals surface area contributed by atoms with E-state index in [0.29, 0.717) is 0 Å². The van der Waals surface area contributed by atoms with E-state index in [-0.39, 0.29) is 76.1 Å². The van der Waals surface area contributed by atoms with Crippen LogP contribution in [0.15, 0.2) is 12.7 Å². The van der Waals surface area contributed by atoms with Crippen LogP contribution in [0.4, 0.5) is 5.82 Å². The van der Waals surface area contributed by atoms with Gasteiger partial charge >= 0.3 is 15.6 Å². The zero-order valence-corrected chi connectivity index (χ0v) is 21.0. The van der Waals surface area contributed by atoms with Crippen LogP contribution in [0, 0.1) is 0 Å². The van der Waals surface area contributed by atoms with Crippen LogP contribution in [0.5, 0.6) is 0 Å². The average molecular weight is 473 g/mol. The van der Waals surface area contributed by atoms with Crippen LogP contribution in [0.1, 0.15) is 6.23 Å². The van der Waals surface area contributed by atoms with Crippen molar-refractivity contribution in [3.05, 3.63) is 12.7 Å². The Morgan fingerprint density at radius 1 is 1.14 bits per heavy atom. The molecule has 4 atom stereocenters. The first kappa shape index (κ1) is 27.5. The van der Waals surface area contributed by atoms with Crippen molar-refractivity contribution in [2.24, 2.45) is 0 Å². The number of nitrogen functional groups attached to an aromatic ring is 1. The van der Waals surface area contributed by atoms with Crippen molar-refractivity contribution in [3.8, 4) is 0 Å². The summed E-state index contributed by atoms with van der Waals surface area (Å²) in [5.41, 5.74) is 6.01. The number of aliphatic hydroxyl groups is 1. The van der Waals surface area contributed by atoms with E-state index < -0.39 is 46.8 Å². The number of ether oxygens (including phenoxy) is 1. The fourth-order valence-electron chi connectivity index (χ4n) is 2.60. The number of phosphoric ester groups is 2. The molecule has 1 fully saturated rings. The monoisotopic (exact) mass is 473 g/mol. The Morgan fingerprint density at radius 2 is 1.79 bits per heavy atom. The molecule has 0 bridgehead atoms. The van der Waals surface area contributed by atoms with Gasteiger partial charge in [-0.15, -0.1) is 0 Å². The summed E-state index contributed by atoms with van der Waals surface area (Å²) in [4.78, 5) is 47.4. The first-order valence-electron chi connectivity index (χ1n) is 7.17. The fraction of sp³-hybridized carbons (Fsp3) is 0.500. The second-order valence-corrected chi connectivity index (χ2v) is 7.92. The van der Waals surface area contributed by atoms with Crippen molar-refractivity contribution >= 4 is 91.7 Å².